The lowest BCUT2D eigenvalue weighted by molar-refractivity contribution is 0.832. The first-order valence-electron chi connectivity index (χ1n) is 6.66. The molecule has 0 heterocycles. The SMILES string of the molecule is Cc1ccccc1C#Cc1cccc(CCCN)c1. The van der Waals surface area contributed by atoms with E-state index in [0.717, 1.165) is 30.5 Å². The lowest BCUT2D eigenvalue weighted by Crippen LogP contribution is -2.00. The number of hydrogen-bond acceptors (Lipinski definition) is 1. The van der Waals surface area contributed by atoms with Gasteiger partial charge in [-0.1, -0.05) is 42.2 Å². The molecule has 2 aromatic carbocycles. The van der Waals surface area contributed by atoms with E-state index >= 15 is 0 Å². The Morgan fingerprint density at radius 1 is 1.00 bits per heavy atom. The standard InChI is InChI=1S/C18H19N/c1-15-6-2-3-10-18(15)12-11-17-8-4-7-16(14-17)9-5-13-19/h2-4,6-8,10,14H,5,9,13,19H2,1H3. The van der Waals surface area contributed by atoms with E-state index in [2.05, 4.69) is 55.2 Å². The molecule has 0 aliphatic rings. The van der Waals surface area contributed by atoms with Gasteiger partial charge in [-0.3, -0.25) is 0 Å². The Labute approximate surface area is 115 Å². The molecular weight excluding hydrogens is 230 g/mol. The summed E-state index contributed by atoms with van der Waals surface area (Å²) >= 11 is 0. The molecule has 2 N–H and O–H groups in total. The van der Waals surface area contributed by atoms with Crippen molar-refractivity contribution >= 4 is 0 Å². The first kappa shape index (κ1) is 13.4. The highest BCUT2D eigenvalue weighted by Crippen LogP contribution is 2.08. The van der Waals surface area contributed by atoms with Crippen molar-refractivity contribution in [3.8, 4) is 11.8 Å². The molecule has 0 aromatic heterocycles. The van der Waals surface area contributed by atoms with Crippen molar-refractivity contribution in [2.24, 2.45) is 5.73 Å². The molecule has 0 unspecified atom stereocenters. The van der Waals surface area contributed by atoms with Gasteiger partial charge < -0.3 is 5.73 Å². The highest BCUT2D eigenvalue weighted by molar-refractivity contribution is 5.46. The van der Waals surface area contributed by atoms with Gasteiger partial charge in [0, 0.05) is 11.1 Å². The first-order valence-corrected chi connectivity index (χ1v) is 6.66. The maximum Gasteiger partial charge on any atom is 0.0278 e. The van der Waals surface area contributed by atoms with Crippen LogP contribution in [0.5, 0.6) is 0 Å². The molecule has 0 aliphatic carbocycles. The van der Waals surface area contributed by atoms with Gasteiger partial charge in [0.1, 0.15) is 0 Å². The average Bonchev–Trinajstić information content (AvgIpc) is 2.45. The third kappa shape index (κ3) is 3.98. The second-order valence-corrected chi connectivity index (χ2v) is 4.66. The monoisotopic (exact) mass is 249 g/mol. The van der Waals surface area contributed by atoms with E-state index in [0.29, 0.717) is 0 Å². The van der Waals surface area contributed by atoms with E-state index in [1.807, 2.05) is 12.1 Å². The van der Waals surface area contributed by atoms with Gasteiger partial charge in [-0.25, -0.2) is 0 Å². The summed E-state index contributed by atoms with van der Waals surface area (Å²) in [5.41, 5.74) is 10.2. The Hall–Kier alpha value is -2.04. The van der Waals surface area contributed by atoms with Crippen molar-refractivity contribution in [3.05, 3.63) is 70.8 Å². The van der Waals surface area contributed by atoms with Gasteiger partial charge in [-0.2, -0.15) is 0 Å². The third-order valence-electron chi connectivity index (χ3n) is 3.08. The van der Waals surface area contributed by atoms with E-state index in [1.54, 1.807) is 0 Å². The Morgan fingerprint density at radius 2 is 1.84 bits per heavy atom. The first-order chi connectivity index (χ1) is 9.29. The van der Waals surface area contributed by atoms with Crippen molar-refractivity contribution < 1.29 is 0 Å². The molecule has 0 aliphatic heterocycles. The molecule has 0 atom stereocenters. The van der Waals surface area contributed by atoms with E-state index in [9.17, 15) is 0 Å². The van der Waals surface area contributed by atoms with Crippen LogP contribution >= 0.6 is 0 Å². The predicted octanol–water partition coefficient (Wildman–Crippen LogP) is 3.29. The molecular formula is C18H19N. The summed E-state index contributed by atoms with van der Waals surface area (Å²) < 4.78 is 0. The van der Waals surface area contributed by atoms with Crippen LogP contribution in [0.3, 0.4) is 0 Å². The molecule has 0 spiro atoms. The van der Waals surface area contributed by atoms with Crippen molar-refractivity contribution in [3.63, 3.8) is 0 Å². The zero-order chi connectivity index (χ0) is 13.5. The molecule has 0 bridgehead atoms. The summed E-state index contributed by atoms with van der Waals surface area (Å²) in [6.45, 7) is 2.82. The maximum atomic E-state index is 5.54. The van der Waals surface area contributed by atoms with Gasteiger partial charge in [-0.05, 0) is 55.6 Å². The Bertz CT molecular complexity index is 602. The van der Waals surface area contributed by atoms with Crippen LogP contribution < -0.4 is 5.73 Å². The normalized spacial score (nSPS) is 9.79. The fourth-order valence-corrected chi connectivity index (χ4v) is 1.96. The quantitative estimate of drug-likeness (QED) is 0.830. The minimum absolute atomic E-state index is 0.735. The van der Waals surface area contributed by atoms with Crippen molar-refractivity contribution in [1.29, 1.82) is 0 Å². The van der Waals surface area contributed by atoms with Crippen LogP contribution in [0.15, 0.2) is 48.5 Å². The van der Waals surface area contributed by atoms with Crippen molar-refractivity contribution in [1.82, 2.24) is 0 Å². The molecule has 2 aromatic rings. The number of rotatable bonds is 3. The number of hydrogen-bond donors (Lipinski definition) is 1. The molecule has 19 heavy (non-hydrogen) atoms. The average molecular weight is 249 g/mol. The highest BCUT2D eigenvalue weighted by Gasteiger charge is 1.94. The highest BCUT2D eigenvalue weighted by atomic mass is 14.5. The fourth-order valence-electron chi connectivity index (χ4n) is 1.96. The van der Waals surface area contributed by atoms with E-state index in [1.165, 1.54) is 11.1 Å². The molecule has 1 nitrogen and oxygen atoms in total. The summed E-state index contributed by atoms with van der Waals surface area (Å²) in [4.78, 5) is 0. The van der Waals surface area contributed by atoms with Crippen molar-refractivity contribution in [2.75, 3.05) is 6.54 Å². The summed E-state index contributed by atoms with van der Waals surface area (Å²) in [5.74, 6) is 6.48. The summed E-state index contributed by atoms with van der Waals surface area (Å²) in [6, 6.07) is 16.6. The molecule has 0 amide bonds. The van der Waals surface area contributed by atoms with E-state index in [4.69, 9.17) is 5.73 Å². The smallest absolute Gasteiger partial charge is 0.0278 e. The Morgan fingerprint density at radius 3 is 2.63 bits per heavy atom. The number of nitrogens with two attached hydrogens (primary N) is 1. The zero-order valence-electron chi connectivity index (χ0n) is 11.3. The second kappa shape index (κ2) is 6.78. The molecule has 0 fully saturated rings. The zero-order valence-corrected chi connectivity index (χ0v) is 11.3. The van der Waals surface area contributed by atoms with E-state index in [-0.39, 0.29) is 0 Å². The van der Waals surface area contributed by atoms with Crippen LogP contribution in [0, 0.1) is 18.8 Å². The number of aryl methyl sites for hydroxylation is 2. The van der Waals surface area contributed by atoms with Crippen LogP contribution in [-0.2, 0) is 6.42 Å². The topological polar surface area (TPSA) is 26.0 Å². The van der Waals surface area contributed by atoms with Gasteiger partial charge in [0.15, 0.2) is 0 Å². The lowest BCUT2D eigenvalue weighted by atomic mass is 10.1. The molecule has 96 valence electrons. The van der Waals surface area contributed by atoms with Gasteiger partial charge >= 0.3 is 0 Å². The molecule has 0 radical (unpaired) electrons. The van der Waals surface area contributed by atoms with Crippen LogP contribution in [0.4, 0.5) is 0 Å². The fraction of sp³-hybridized carbons (Fsp3) is 0.222. The van der Waals surface area contributed by atoms with E-state index < -0.39 is 0 Å². The molecule has 0 saturated carbocycles. The van der Waals surface area contributed by atoms with Crippen LogP contribution in [0.2, 0.25) is 0 Å². The summed E-state index contributed by atoms with van der Waals surface area (Å²) in [7, 11) is 0. The minimum Gasteiger partial charge on any atom is -0.330 e. The van der Waals surface area contributed by atoms with Gasteiger partial charge in [0.25, 0.3) is 0 Å². The van der Waals surface area contributed by atoms with Gasteiger partial charge in [0.05, 0.1) is 0 Å². The lowest BCUT2D eigenvalue weighted by Gasteiger charge is -2.00. The maximum absolute atomic E-state index is 5.54. The van der Waals surface area contributed by atoms with Crippen LogP contribution in [0.25, 0.3) is 0 Å². The molecule has 0 saturated heterocycles. The van der Waals surface area contributed by atoms with Gasteiger partial charge in [0.2, 0.25) is 0 Å². The predicted molar refractivity (Wildman–Crippen MR) is 81.0 cm³/mol. The molecule has 1 heteroatoms. The third-order valence-corrected chi connectivity index (χ3v) is 3.08. The second-order valence-electron chi connectivity index (χ2n) is 4.66. The Kier molecular flexibility index (Phi) is 4.78. The van der Waals surface area contributed by atoms with Gasteiger partial charge in [-0.15, -0.1) is 0 Å². The number of benzene rings is 2. The summed E-state index contributed by atoms with van der Waals surface area (Å²) in [5, 5.41) is 0. The summed E-state index contributed by atoms with van der Waals surface area (Å²) in [6.07, 6.45) is 2.05. The minimum atomic E-state index is 0.735. The Balaban J connectivity index is 2.18. The van der Waals surface area contributed by atoms with Crippen molar-refractivity contribution in [2.45, 2.75) is 19.8 Å². The van der Waals surface area contributed by atoms with Crippen LogP contribution in [0.1, 0.15) is 28.7 Å². The molecule has 2 rings (SSSR count). The largest absolute Gasteiger partial charge is 0.330 e. The van der Waals surface area contributed by atoms with Crippen LogP contribution in [-0.4, -0.2) is 6.54 Å².